The Hall–Kier alpha value is -0.120. The van der Waals surface area contributed by atoms with Gasteiger partial charge in [-0.1, -0.05) is 26.7 Å². The molecule has 1 atom stereocenters. The number of hydrogen-bond donors (Lipinski definition) is 0. The van der Waals surface area contributed by atoms with Gasteiger partial charge in [0.2, 0.25) is 0 Å². The third-order valence-corrected chi connectivity index (χ3v) is 7.66. The van der Waals surface area contributed by atoms with Crippen LogP contribution in [0.1, 0.15) is 58.8 Å². The molecule has 1 aliphatic carbocycles. The highest BCUT2D eigenvalue weighted by atomic mass is 15.4. The van der Waals surface area contributed by atoms with Crippen LogP contribution in [-0.2, 0) is 0 Å². The molecule has 3 nitrogen and oxygen atoms in total. The van der Waals surface area contributed by atoms with Crippen LogP contribution >= 0.6 is 0 Å². The molecule has 0 bridgehead atoms. The van der Waals surface area contributed by atoms with E-state index in [-0.39, 0.29) is 0 Å². The molecule has 24 heavy (non-hydrogen) atoms. The van der Waals surface area contributed by atoms with Gasteiger partial charge in [0.25, 0.3) is 0 Å². The fourth-order valence-corrected chi connectivity index (χ4v) is 5.80. The van der Waals surface area contributed by atoms with Gasteiger partial charge in [-0.25, -0.2) is 0 Å². The van der Waals surface area contributed by atoms with Crippen LogP contribution in [0, 0.1) is 16.7 Å². The first-order chi connectivity index (χ1) is 11.5. The van der Waals surface area contributed by atoms with E-state index in [9.17, 15) is 0 Å². The van der Waals surface area contributed by atoms with Crippen molar-refractivity contribution in [1.82, 2.24) is 14.7 Å². The Morgan fingerprint density at radius 1 is 1.04 bits per heavy atom. The summed E-state index contributed by atoms with van der Waals surface area (Å²) in [5.74, 6) is 0.939. The fourth-order valence-electron chi connectivity index (χ4n) is 5.80. The van der Waals surface area contributed by atoms with Crippen molar-refractivity contribution in [3.8, 4) is 0 Å². The molecule has 4 fully saturated rings. The van der Waals surface area contributed by atoms with Crippen LogP contribution < -0.4 is 0 Å². The Balaban J connectivity index is 1.16. The van der Waals surface area contributed by atoms with Crippen LogP contribution in [0.3, 0.4) is 0 Å². The predicted octanol–water partition coefficient (Wildman–Crippen LogP) is 3.30. The largest absolute Gasteiger partial charge is 0.306 e. The normalized spacial score (nSPS) is 31.6. The van der Waals surface area contributed by atoms with E-state index in [1.54, 1.807) is 0 Å². The van der Waals surface area contributed by atoms with Gasteiger partial charge in [0.15, 0.2) is 0 Å². The van der Waals surface area contributed by atoms with E-state index in [1.165, 1.54) is 90.8 Å². The molecule has 1 unspecified atom stereocenters. The topological polar surface area (TPSA) is 9.72 Å². The summed E-state index contributed by atoms with van der Waals surface area (Å²) in [6.07, 6.45) is 10.2. The summed E-state index contributed by atoms with van der Waals surface area (Å²) >= 11 is 0. The Labute approximate surface area is 149 Å². The zero-order valence-electron chi connectivity index (χ0n) is 16.4. The molecule has 0 radical (unpaired) electrons. The summed E-state index contributed by atoms with van der Waals surface area (Å²) in [5.41, 5.74) is 1.43. The SMILES string of the molecule is CCCC(C)CC1(CN2CC(N3CC4(CCN(C)CC4)C3)C2)CC1. The minimum Gasteiger partial charge on any atom is -0.306 e. The van der Waals surface area contributed by atoms with Crippen LogP contribution in [0.15, 0.2) is 0 Å². The van der Waals surface area contributed by atoms with Crippen LogP contribution in [-0.4, -0.2) is 73.6 Å². The van der Waals surface area contributed by atoms with Crippen molar-refractivity contribution in [2.45, 2.75) is 64.8 Å². The van der Waals surface area contributed by atoms with Crippen LogP contribution in [0.25, 0.3) is 0 Å². The van der Waals surface area contributed by atoms with E-state index in [0.717, 1.165) is 17.4 Å². The zero-order chi connectivity index (χ0) is 16.8. The number of nitrogens with zero attached hydrogens (tertiary/aromatic N) is 3. The second kappa shape index (κ2) is 6.55. The van der Waals surface area contributed by atoms with Gasteiger partial charge >= 0.3 is 0 Å². The van der Waals surface area contributed by atoms with Gasteiger partial charge < -0.3 is 4.90 Å². The smallest absolute Gasteiger partial charge is 0.0350 e. The first-order valence-corrected chi connectivity index (χ1v) is 10.7. The summed E-state index contributed by atoms with van der Waals surface area (Å²) in [6, 6.07) is 0.888. The molecule has 1 saturated carbocycles. The van der Waals surface area contributed by atoms with Gasteiger partial charge in [0.05, 0.1) is 0 Å². The van der Waals surface area contributed by atoms with E-state index in [2.05, 4.69) is 35.6 Å². The van der Waals surface area contributed by atoms with Crippen molar-refractivity contribution in [3.05, 3.63) is 0 Å². The van der Waals surface area contributed by atoms with Crippen molar-refractivity contribution in [1.29, 1.82) is 0 Å². The molecule has 138 valence electrons. The number of likely N-dealkylation sites (tertiary alicyclic amines) is 3. The van der Waals surface area contributed by atoms with Crippen LogP contribution in [0.4, 0.5) is 0 Å². The Morgan fingerprint density at radius 3 is 2.29 bits per heavy atom. The first-order valence-electron chi connectivity index (χ1n) is 10.7. The minimum absolute atomic E-state index is 0.709. The molecule has 1 spiro atoms. The third-order valence-electron chi connectivity index (χ3n) is 7.66. The molecule has 3 heteroatoms. The first kappa shape index (κ1) is 17.3. The van der Waals surface area contributed by atoms with Gasteiger partial charge in [-0.2, -0.15) is 0 Å². The van der Waals surface area contributed by atoms with E-state index in [0.29, 0.717) is 5.41 Å². The average Bonchev–Trinajstić information content (AvgIpc) is 3.22. The maximum atomic E-state index is 2.81. The average molecular weight is 334 g/mol. The maximum absolute atomic E-state index is 2.81. The van der Waals surface area contributed by atoms with E-state index >= 15 is 0 Å². The monoisotopic (exact) mass is 333 g/mol. The molecule has 4 aliphatic rings. The number of piperidine rings is 1. The van der Waals surface area contributed by atoms with Gasteiger partial charge in [-0.05, 0) is 69.0 Å². The standard InChI is InChI=1S/C21H39N3/c1-4-5-18(2)12-20(6-7-20)15-23-13-19(14-23)24-16-21(17-24)8-10-22(3)11-9-21/h18-19H,4-17H2,1-3H3. The minimum atomic E-state index is 0.709. The van der Waals surface area contributed by atoms with Crippen molar-refractivity contribution in [3.63, 3.8) is 0 Å². The maximum Gasteiger partial charge on any atom is 0.0350 e. The quantitative estimate of drug-likeness (QED) is 0.708. The highest BCUT2D eigenvalue weighted by Gasteiger charge is 2.51. The summed E-state index contributed by atoms with van der Waals surface area (Å²) in [4.78, 5) is 8.09. The van der Waals surface area contributed by atoms with Crippen molar-refractivity contribution in [2.24, 2.45) is 16.7 Å². The van der Waals surface area contributed by atoms with Crippen molar-refractivity contribution < 1.29 is 0 Å². The van der Waals surface area contributed by atoms with Crippen molar-refractivity contribution in [2.75, 3.05) is 52.9 Å². The Kier molecular flexibility index (Phi) is 4.73. The lowest BCUT2D eigenvalue weighted by Crippen LogP contribution is -2.70. The summed E-state index contributed by atoms with van der Waals surface area (Å²) in [6.45, 7) is 14.4. The third kappa shape index (κ3) is 3.54. The predicted molar refractivity (Wildman–Crippen MR) is 101 cm³/mol. The Morgan fingerprint density at radius 2 is 1.71 bits per heavy atom. The van der Waals surface area contributed by atoms with E-state index < -0.39 is 0 Å². The summed E-state index contributed by atoms with van der Waals surface area (Å²) in [7, 11) is 2.28. The molecule has 0 amide bonds. The van der Waals surface area contributed by atoms with E-state index in [1.807, 2.05) is 0 Å². The fraction of sp³-hybridized carbons (Fsp3) is 1.00. The van der Waals surface area contributed by atoms with Crippen LogP contribution in [0.5, 0.6) is 0 Å². The lowest BCUT2D eigenvalue weighted by Gasteiger charge is -2.60. The number of rotatable bonds is 7. The second-order valence-corrected chi connectivity index (χ2v) is 10.2. The molecule has 0 aromatic carbocycles. The van der Waals surface area contributed by atoms with Crippen LogP contribution in [0.2, 0.25) is 0 Å². The zero-order valence-corrected chi connectivity index (χ0v) is 16.4. The molecule has 0 N–H and O–H groups in total. The molecule has 0 aromatic rings. The number of hydrogen-bond acceptors (Lipinski definition) is 3. The summed E-state index contributed by atoms with van der Waals surface area (Å²) in [5, 5.41) is 0. The van der Waals surface area contributed by atoms with Gasteiger partial charge in [0.1, 0.15) is 0 Å². The van der Waals surface area contributed by atoms with E-state index in [4.69, 9.17) is 0 Å². The summed E-state index contributed by atoms with van der Waals surface area (Å²) < 4.78 is 0. The molecular weight excluding hydrogens is 294 g/mol. The lowest BCUT2D eigenvalue weighted by molar-refractivity contribution is -0.105. The highest BCUT2D eigenvalue weighted by Crippen LogP contribution is 2.52. The molecule has 3 aliphatic heterocycles. The molecule has 3 saturated heterocycles. The van der Waals surface area contributed by atoms with Gasteiger partial charge in [-0.15, -0.1) is 0 Å². The molecule has 0 aromatic heterocycles. The molecular formula is C21H39N3. The Bertz CT molecular complexity index is 422. The van der Waals surface area contributed by atoms with Crippen molar-refractivity contribution >= 4 is 0 Å². The van der Waals surface area contributed by atoms with Gasteiger partial charge in [0, 0.05) is 38.8 Å². The lowest BCUT2D eigenvalue weighted by atomic mass is 9.71. The molecule has 3 heterocycles. The van der Waals surface area contributed by atoms with Gasteiger partial charge in [-0.3, -0.25) is 9.80 Å². The molecule has 4 rings (SSSR count). The highest BCUT2D eigenvalue weighted by molar-refractivity contribution is 5.05. The second-order valence-electron chi connectivity index (χ2n) is 10.2.